The highest BCUT2D eigenvalue weighted by molar-refractivity contribution is 5.97. The van der Waals surface area contributed by atoms with Crippen molar-refractivity contribution in [3.8, 4) is 11.3 Å². The van der Waals surface area contributed by atoms with Crippen molar-refractivity contribution in [1.29, 1.82) is 0 Å². The molecule has 0 bridgehead atoms. The number of rotatable bonds is 4. The number of H-pyrrole nitrogens is 1. The van der Waals surface area contributed by atoms with Gasteiger partial charge in [0.1, 0.15) is 5.52 Å². The summed E-state index contributed by atoms with van der Waals surface area (Å²) in [6.45, 7) is 2.43. The minimum Gasteiger partial charge on any atom is -0.353 e. The van der Waals surface area contributed by atoms with Gasteiger partial charge in [0.05, 0.1) is 18.9 Å². The fourth-order valence-electron chi connectivity index (χ4n) is 3.59. The summed E-state index contributed by atoms with van der Waals surface area (Å²) >= 11 is 0. The smallest absolute Gasteiger partial charge is 0.159 e. The normalized spacial score (nSPS) is 15.8. The molecule has 0 amide bonds. The second kappa shape index (κ2) is 6.55. The molecule has 4 aromatic rings. The van der Waals surface area contributed by atoms with Gasteiger partial charge in [-0.1, -0.05) is 18.2 Å². The first-order chi connectivity index (χ1) is 12.9. The number of para-hydroxylation sites is 1. The highest BCUT2D eigenvalue weighted by Crippen LogP contribution is 2.31. The van der Waals surface area contributed by atoms with Crippen LogP contribution in [0.4, 0.5) is 0 Å². The number of aromatic nitrogens is 4. The van der Waals surface area contributed by atoms with Crippen LogP contribution < -0.4 is 0 Å². The molecule has 1 saturated heterocycles. The number of hydrogen-bond acceptors (Lipinski definition) is 4. The molecule has 0 saturated carbocycles. The van der Waals surface area contributed by atoms with E-state index in [4.69, 9.17) is 9.47 Å². The fraction of sp³-hybridized carbons (Fsp3) is 0.300. The molecule has 0 spiro atoms. The Kier molecular flexibility index (Phi) is 3.92. The summed E-state index contributed by atoms with van der Waals surface area (Å²) in [5, 5.41) is 1.21. The number of benzene rings is 1. The topological polar surface area (TPSA) is 65.0 Å². The van der Waals surface area contributed by atoms with E-state index in [0.717, 1.165) is 55.0 Å². The Morgan fingerprint density at radius 1 is 1.12 bits per heavy atom. The number of aryl methyl sites for hydroxylation is 1. The van der Waals surface area contributed by atoms with Gasteiger partial charge in [-0.2, -0.15) is 0 Å². The van der Waals surface area contributed by atoms with E-state index in [9.17, 15) is 0 Å². The van der Waals surface area contributed by atoms with E-state index < -0.39 is 0 Å². The van der Waals surface area contributed by atoms with Gasteiger partial charge in [0.15, 0.2) is 11.9 Å². The van der Waals surface area contributed by atoms with Crippen LogP contribution in [0.25, 0.3) is 33.3 Å². The molecule has 1 aromatic carbocycles. The predicted molar refractivity (Wildman–Crippen MR) is 99.7 cm³/mol. The maximum atomic E-state index is 5.68. The molecule has 0 unspecified atom stereocenters. The average Bonchev–Trinajstić information content (AvgIpc) is 3.28. The average molecular weight is 348 g/mol. The minimum atomic E-state index is -0.102. The van der Waals surface area contributed by atoms with Crippen molar-refractivity contribution < 1.29 is 9.47 Å². The third-order valence-corrected chi connectivity index (χ3v) is 4.84. The van der Waals surface area contributed by atoms with Gasteiger partial charge in [0.25, 0.3) is 0 Å². The lowest BCUT2D eigenvalue weighted by Crippen LogP contribution is -2.25. The van der Waals surface area contributed by atoms with E-state index in [1.165, 1.54) is 10.9 Å². The summed E-state index contributed by atoms with van der Waals surface area (Å²) in [6.07, 6.45) is 7.33. The van der Waals surface area contributed by atoms with Crippen LogP contribution in [0.5, 0.6) is 0 Å². The molecular weight excluding hydrogens is 328 g/mol. The van der Waals surface area contributed by atoms with Crippen LogP contribution in [0.1, 0.15) is 12.8 Å². The molecule has 6 nitrogen and oxygen atoms in total. The first kappa shape index (κ1) is 15.5. The van der Waals surface area contributed by atoms with Crippen molar-refractivity contribution in [2.45, 2.75) is 25.7 Å². The second-order valence-corrected chi connectivity index (χ2v) is 6.54. The molecule has 26 heavy (non-hydrogen) atoms. The lowest BCUT2D eigenvalue weighted by Gasteiger charge is -2.23. The van der Waals surface area contributed by atoms with Gasteiger partial charge >= 0.3 is 0 Å². The Morgan fingerprint density at radius 2 is 1.96 bits per heavy atom. The van der Waals surface area contributed by atoms with E-state index in [0.29, 0.717) is 0 Å². The maximum Gasteiger partial charge on any atom is 0.159 e. The van der Waals surface area contributed by atoms with Gasteiger partial charge in [-0.3, -0.25) is 4.98 Å². The Morgan fingerprint density at radius 3 is 2.85 bits per heavy atom. The Balaban J connectivity index is 1.51. The lowest BCUT2D eigenvalue weighted by molar-refractivity contribution is -0.182. The zero-order valence-electron chi connectivity index (χ0n) is 14.4. The minimum absolute atomic E-state index is 0.102. The molecule has 0 aliphatic carbocycles. The van der Waals surface area contributed by atoms with Crippen LogP contribution in [-0.2, 0) is 16.0 Å². The monoisotopic (exact) mass is 348 g/mol. The van der Waals surface area contributed by atoms with E-state index >= 15 is 0 Å². The van der Waals surface area contributed by atoms with Crippen LogP contribution in [0.2, 0.25) is 0 Å². The van der Waals surface area contributed by atoms with E-state index in [2.05, 4.69) is 56.0 Å². The standard InChI is InChI=1S/C20H20N4O2/c1-2-5-18-14(4-1)15(16-12-17-20(23-16)22-8-7-21-17)13-24(18)9-6-19-25-10-3-11-26-19/h1-2,4-5,7-8,12-13,19H,3,6,9-11H2,(H,22,23). The third-order valence-electron chi connectivity index (χ3n) is 4.84. The summed E-state index contributed by atoms with van der Waals surface area (Å²) in [4.78, 5) is 12.1. The molecule has 1 aliphatic heterocycles. The summed E-state index contributed by atoms with van der Waals surface area (Å²) in [5.74, 6) is 0. The van der Waals surface area contributed by atoms with Gasteiger partial charge in [-0.15, -0.1) is 0 Å². The molecule has 3 aromatic heterocycles. The first-order valence-corrected chi connectivity index (χ1v) is 9.00. The molecule has 6 heteroatoms. The number of ether oxygens (including phenoxy) is 2. The first-order valence-electron chi connectivity index (χ1n) is 9.00. The summed E-state index contributed by atoms with van der Waals surface area (Å²) in [7, 11) is 0. The predicted octanol–water partition coefficient (Wildman–Crippen LogP) is 3.73. The molecular formula is C20H20N4O2. The van der Waals surface area contributed by atoms with Crippen LogP contribution >= 0.6 is 0 Å². The van der Waals surface area contributed by atoms with Crippen LogP contribution in [0.3, 0.4) is 0 Å². The molecule has 1 N–H and O–H groups in total. The Labute approximate surface area is 150 Å². The highest BCUT2D eigenvalue weighted by atomic mass is 16.7. The van der Waals surface area contributed by atoms with Crippen molar-refractivity contribution in [3.63, 3.8) is 0 Å². The van der Waals surface area contributed by atoms with E-state index in [-0.39, 0.29) is 6.29 Å². The van der Waals surface area contributed by atoms with Crippen LogP contribution in [0, 0.1) is 0 Å². The molecule has 0 radical (unpaired) electrons. The molecule has 4 heterocycles. The zero-order valence-corrected chi connectivity index (χ0v) is 14.4. The van der Waals surface area contributed by atoms with Gasteiger partial charge in [0.2, 0.25) is 0 Å². The van der Waals surface area contributed by atoms with Gasteiger partial charge in [-0.25, -0.2) is 4.98 Å². The number of fused-ring (bicyclic) bond motifs is 2. The zero-order chi connectivity index (χ0) is 17.3. The van der Waals surface area contributed by atoms with Gasteiger partial charge in [-0.05, 0) is 18.6 Å². The van der Waals surface area contributed by atoms with Crippen molar-refractivity contribution in [2.24, 2.45) is 0 Å². The third kappa shape index (κ3) is 2.77. The molecule has 1 aliphatic rings. The number of nitrogens with one attached hydrogen (secondary N) is 1. The Hall–Kier alpha value is -2.70. The second-order valence-electron chi connectivity index (χ2n) is 6.54. The van der Waals surface area contributed by atoms with Crippen molar-refractivity contribution >= 4 is 22.1 Å². The van der Waals surface area contributed by atoms with Crippen LogP contribution in [0.15, 0.2) is 48.9 Å². The number of aromatic amines is 1. The lowest BCUT2D eigenvalue weighted by atomic mass is 10.1. The summed E-state index contributed by atoms with van der Waals surface area (Å²) in [6, 6.07) is 10.5. The summed E-state index contributed by atoms with van der Waals surface area (Å²) in [5.41, 5.74) is 5.08. The Bertz CT molecular complexity index is 1010. The van der Waals surface area contributed by atoms with Crippen LogP contribution in [-0.4, -0.2) is 39.0 Å². The molecule has 1 fully saturated rings. The molecule has 132 valence electrons. The van der Waals surface area contributed by atoms with Gasteiger partial charge < -0.3 is 19.0 Å². The van der Waals surface area contributed by atoms with Gasteiger partial charge in [0, 0.05) is 48.0 Å². The molecule has 5 rings (SSSR count). The SMILES string of the molecule is c1ccc2c(c1)c(-c1cc3nccnc3[nH]1)cn2CCC1OCCCO1. The summed E-state index contributed by atoms with van der Waals surface area (Å²) < 4.78 is 13.6. The molecule has 0 atom stereocenters. The maximum absolute atomic E-state index is 5.68. The van der Waals surface area contributed by atoms with Crippen molar-refractivity contribution in [1.82, 2.24) is 19.5 Å². The fourth-order valence-corrected chi connectivity index (χ4v) is 3.59. The number of hydrogen-bond donors (Lipinski definition) is 1. The van der Waals surface area contributed by atoms with E-state index in [1.54, 1.807) is 12.4 Å². The largest absolute Gasteiger partial charge is 0.353 e. The number of nitrogens with zero attached hydrogens (tertiary/aromatic N) is 3. The van der Waals surface area contributed by atoms with E-state index in [1.807, 2.05) is 0 Å². The van der Waals surface area contributed by atoms with Crippen molar-refractivity contribution in [3.05, 3.63) is 48.9 Å². The van der Waals surface area contributed by atoms with Crippen molar-refractivity contribution in [2.75, 3.05) is 13.2 Å². The highest BCUT2D eigenvalue weighted by Gasteiger charge is 2.16. The quantitative estimate of drug-likeness (QED) is 0.610.